The van der Waals surface area contributed by atoms with Crippen LogP contribution in [-0.4, -0.2) is 15.8 Å². The van der Waals surface area contributed by atoms with Gasteiger partial charge in [0.05, 0.1) is 0 Å². The Morgan fingerprint density at radius 1 is 1.36 bits per heavy atom. The zero-order chi connectivity index (χ0) is 10.6. The Bertz CT molecular complexity index is 334. The predicted octanol–water partition coefficient (Wildman–Crippen LogP) is 2.19. The Morgan fingerprint density at radius 2 is 2.07 bits per heavy atom. The molecule has 0 saturated heterocycles. The normalized spacial score (nSPS) is 12.8. The molecule has 0 radical (unpaired) electrons. The molecule has 3 heteroatoms. The summed E-state index contributed by atoms with van der Waals surface area (Å²) in [5.41, 5.74) is 2.27. The van der Waals surface area contributed by atoms with Gasteiger partial charge in [-0.05, 0) is 24.8 Å². The van der Waals surface area contributed by atoms with E-state index in [0.29, 0.717) is 5.82 Å². The zero-order valence-electron chi connectivity index (χ0n) is 9.00. The van der Waals surface area contributed by atoms with Gasteiger partial charge >= 0.3 is 0 Å². The number of aromatic nitrogens is 2. The van der Waals surface area contributed by atoms with Gasteiger partial charge in [0.15, 0.2) is 11.6 Å². The number of hydrogen-bond acceptors (Lipinski definition) is 3. The summed E-state index contributed by atoms with van der Waals surface area (Å²) in [4.78, 5) is 19.1. The van der Waals surface area contributed by atoms with Crippen LogP contribution in [0.2, 0.25) is 0 Å². The molecule has 0 unspecified atom stereocenters. The Kier molecular flexibility index (Phi) is 3.74. The summed E-state index contributed by atoms with van der Waals surface area (Å²) in [6.07, 6.45) is 4.99. The highest BCUT2D eigenvalue weighted by Crippen LogP contribution is 2.18. The second-order valence-electron chi connectivity index (χ2n) is 3.08. The van der Waals surface area contributed by atoms with E-state index >= 15 is 0 Å². The molecule has 1 aromatic rings. The summed E-state index contributed by atoms with van der Waals surface area (Å²) in [7, 11) is 0. The number of nitrogens with zero attached hydrogens (tertiary/aromatic N) is 2. The van der Waals surface area contributed by atoms with E-state index in [1.165, 1.54) is 12.5 Å². The molecule has 0 bridgehead atoms. The molecule has 0 N–H and O–H groups in total. The molecule has 0 fully saturated rings. The summed E-state index contributed by atoms with van der Waals surface area (Å²) < 4.78 is 0. The van der Waals surface area contributed by atoms with E-state index in [9.17, 15) is 4.79 Å². The van der Waals surface area contributed by atoms with Gasteiger partial charge < -0.3 is 0 Å². The highest BCUT2D eigenvalue weighted by atomic mass is 16.1. The molecule has 2 rings (SSSR count). The van der Waals surface area contributed by atoms with E-state index in [4.69, 9.17) is 0 Å². The fourth-order valence-electron chi connectivity index (χ4n) is 1.48. The number of fused-ring (bicyclic) bond motifs is 1. The lowest BCUT2D eigenvalue weighted by molar-refractivity contribution is 0.100. The van der Waals surface area contributed by atoms with Gasteiger partial charge in [-0.25, -0.2) is 9.97 Å². The first kappa shape index (κ1) is 10.8. The van der Waals surface area contributed by atoms with Gasteiger partial charge in [0.2, 0.25) is 0 Å². The molecule has 76 valence electrons. The molecule has 0 aliphatic heterocycles. The van der Waals surface area contributed by atoms with Gasteiger partial charge in [-0.15, -0.1) is 0 Å². The number of Topliss-reactive ketones (excluding diaryl/α,β-unsaturated/α-hetero) is 1. The third-order valence-electron chi connectivity index (χ3n) is 2.13. The first-order chi connectivity index (χ1) is 6.77. The minimum Gasteiger partial charge on any atom is -0.291 e. The van der Waals surface area contributed by atoms with Crippen LogP contribution in [0.25, 0.3) is 0 Å². The minimum atomic E-state index is -0.0512. The average Bonchev–Trinajstić information content (AvgIpc) is 2.67. The van der Waals surface area contributed by atoms with Crippen LogP contribution in [0.4, 0.5) is 0 Å². The van der Waals surface area contributed by atoms with Crippen LogP contribution in [0.5, 0.6) is 0 Å². The van der Waals surface area contributed by atoms with E-state index < -0.39 is 0 Å². The monoisotopic (exact) mass is 192 g/mol. The lowest BCUT2D eigenvalue weighted by Crippen LogP contribution is -2.03. The van der Waals surface area contributed by atoms with Gasteiger partial charge in [-0.2, -0.15) is 0 Å². The predicted molar refractivity (Wildman–Crippen MR) is 55.4 cm³/mol. The fraction of sp³-hybridized carbons (Fsp3) is 0.545. The molecular formula is C11H16N2O. The molecule has 14 heavy (non-hydrogen) atoms. The molecule has 1 aliphatic carbocycles. The van der Waals surface area contributed by atoms with Crippen LogP contribution >= 0.6 is 0 Å². The van der Waals surface area contributed by atoms with E-state index in [0.717, 1.165) is 25.0 Å². The van der Waals surface area contributed by atoms with E-state index in [1.807, 2.05) is 13.8 Å². The van der Waals surface area contributed by atoms with Crippen molar-refractivity contribution in [2.24, 2.45) is 0 Å². The SMILES string of the molecule is CC.CC(=O)c1ncc2c(n1)CCC2. The van der Waals surface area contributed by atoms with E-state index in [1.54, 1.807) is 6.20 Å². The van der Waals surface area contributed by atoms with E-state index in [-0.39, 0.29) is 5.78 Å². The van der Waals surface area contributed by atoms with Gasteiger partial charge in [-0.3, -0.25) is 4.79 Å². The highest BCUT2D eigenvalue weighted by Gasteiger charge is 2.14. The summed E-state index contributed by atoms with van der Waals surface area (Å²) in [5, 5.41) is 0. The maximum Gasteiger partial charge on any atom is 0.196 e. The molecule has 0 amide bonds. The first-order valence-corrected chi connectivity index (χ1v) is 5.13. The molecule has 0 spiro atoms. The third-order valence-corrected chi connectivity index (χ3v) is 2.13. The van der Waals surface area contributed by atoms with Crippen molar-refractivity contribution in [3.05, 3.63) is 23.3 Å². The standard InChI is InChI=1S/C9H10N2O.C2H6/c1-6(12)9-10-5-7-3-2-4-8(7)11-9;1-2/h5H,2-4H2,1H3;1-2H3. The molecule has 0 aromatic carbocycles. The zero-order valence-corrected chi connectivity index (χ0v) is 9.00. The van der Waals surface area contributed by atoms with Crippen molar-refractivity contribution in [1.82, 2.24) is 9.97 Å². The molecular weight excluding hydrogens is 176 g/mol. The number of hydrogen-bond donors (Lipinski definition) is 0. The van der Waals surface area contributed by atoms with Gasteiger partial charge in [0.1, 0.15) is 0 Å². The molecule has 3 nitrogen and oxygen atoms in total. The second kappa shape index (κ2) is 4.84. The number of aryl methyl sites for hydroxylation is 2. The number of ketones is 1. The van der Waals surface area contributed by atoms with Crippen LogP contribution in [-0.2, 0) is 12.8 Å². The highest BCUT2D eigenvalue weighted by molar-refractivity contribution is 5.90. The van der Waals surface area contributed by atoms with Crippen LogP contribution < -0.4 is 0 Å². The second-order valence-corrected chi connectivity index (χ2v) is 3.08. The molecule has 0 atom stereocenters. The molecule has 0 saturated carbocycles. The smallest absolute Gasteiger partial charge is 0.196 e. The first-order valence-electron chi connectivity index (χ1n) is 5.13. The van der Waals surface area contributed by atoms with Crippen LogP contribution in [0.15, 0.2) is 6.20 Å². The Morgan fingerprint density at radius 3 is 2.71 bits per heavy atom. The quantitative estimate of drug-likeness (QED) is 0.640. The number of carbonyl (C=O) groups is 1. The number of rotatable bonds is 1. The van der Waals surface area contributed by atoms with Crippen molar-refractivity contribution in [1.29, 1.82) is 0 Å². The van der Waals surface area contributed by atoms with Crippen molar-refractivity contribution in [2.45, 2.75) is 40.0 Å². The minimum absolute atomic E-state index is 0.0512. The van der Waals surface area contributed by atoms with E-state index in [2.05, 4.69) is 9.97 Å². The van der Waals surface area contributed by atoms with Crippen LogP contribution in [0.1, 0.15) is 49.1 Å². The van der Waals surface area contributed by atoms with Gasteiger partial charge in [0.25, 0.3) is 0 Å². The molecule has 1 aromatic heterocycles. The maximum absolute atomic E-state index is 10.9. The molecule has 1 heterocycles. The van der Waals surface area contributed by atoms with Gasteiger partial charge in [0, 0.05) is 18.8 Å². The van der Waals surface area contributed by atoms with Crippen molar-refractivity contribution >= 4 is 5.78 Å². The van der Waals surface area contributed by atoms with Gasteiger partial charge in [-0.1, -0.05) is 13.8 Å². The van der Waals surface area contributed by atoms with Crippen molar-refractivity contribution in [2.75, 3.05) is 0 Å². The fourth-order valence-corrected chi connectivity index (χ4v) is 1.48. The largest absolute Gasteiger partial charge is 0.291 e. The average molecular weight is 192 g/mol. The van der Waals surface area contributed by atoms with Crippen molar-refractivity contribution in [3.8, 4) is 0 Å². The summed E-state index contributed by atoms with van der Waals surface area (Å²) in [5.74, 6) is 0.306. The molecule has 1 aliphatic rings. The summed E-state index contributed by atoms with van der Waals surface area (Å²) in [6, 6.07) is 0. The van der Waals surface area contributed by atoms with Crippen LogP contribution in [0, 0.1) is 0 Å². The third kappa shape index (κ3) is 2.16. The number of carbonyl (C=O) groups excluding carboxylic acids is 1. The Hall–Kier alpha value is -1.25. The van der Waals surface area contributed by atoms with Crippen molar-refractivity contribution < 1.29 is 4.79 Å². The Balaban J connectivity index is 0.000000461. The topological polar surface area (TPSA) is 42.9 Å². The van der Waals surface area contributed by atoms with Crippen molar-refractivity contribution in [3.63, 3.8) is 0 Å². The Labute approximate surface area is 84.6 Å². The lowest BCUT2D eigenvalue weighted by Gasteiger charge is -1.98. The summed E-state index contributed by atoms with van der Waals surface area (Å²) >= 11 is 0. The lowest BCUT2D eigenvalue weighted by atomic mass is 10.2. The van der Waals surface area contributed by atoms with Crippen LogP contribution in [0.3, 0.4) is 0 Å². The summed E-state index contributed by atoms with van der Waals surface area (Å²) in [6.45, 7) is 5.50. The maximum atomic E-state index is 10.9.